The summed E-state index contributed by atoms with van der Waals surface area (Å²) in [5.74, 6) is -0.566. The molecule has 1 aliphatic rings. The first kappa shape index (κ1) is 11.5. The van der Waals surface area contributed by atoms with Crippen LogP contribution in [0.5, 0.6) is 0 Å². The van der Waals surface area contributed by atoms with Crippen LogP contribution < -0.4 is 0 Å². The third-order valence-electron chi connectivity index (χ3n) is 2.81. The van der Waals surface area contributed by atoms with Crippen molar-refractivity contribution in [2.45, 2.75) is 29.8 Å². The van der Waals surface area contributed by atoms with Crippen LogP contribution in [0.2, 0.25) is 0 Å². The van der Waals surface area contributed by atoms with Gasteiger partial charge in [-0.05, 0) is 25.0 Å². The topological polar surface area (TPSA) is 54.4 Å². The van der Waals surface area contributed by atoms with Gasteiger partial charge in [-0.25, -0.2) is 12.8 Å². The lowest BCUT2D eigenvalue weighted by atomic mass is 10.1. The molecule has 0 saturated heterocycles. The first-order valence-electron chi connectivity index (χ1n) is 5.02. The van der Waals surface area contributed by atoms with Crippen LogP contribution in [-0.4, -0.2) is 25.4 Å². The van der Waals surface area contributed by atoms with Crippen molar-refractivity contribution >= 4 is 9.84 Å². The second kappa shape index (κ2) is 3.53. The lowest BCUT2D eigenvalue weighted by Crippen LogP contribution is -2.15. The van der Waals surface area contributed by atoms with Crippen LogP contribution in [0.3, 0.4) is 0 Å². The Kier molecular flexibility index (Phi) is 2.55. The largest absolute Gasteiger partial charge is 0.390 e. The Balaban J connectivity index is 2.49. The zero-order valence-corrected chi connectivity index (χ0v) is 9.72. The van der Waals surface area contributed by atoms with Crippen LogP contribution in [0.25, 0.3) is 0 Å². The van der Waals surface area contributed by atoms with Crippen molar-refractivity contribution < 1.29 is 17.9 Å². The molecule has 1 N–H and O–H groups in total. The fourth-order valence-corrected chi connectivity index (χ4v) is 2.65. The van der Waals surface area contributed by atoms with Crippen molar-refractivity contribution in [1.29, 1.82) is 0 Å². The van der Waals surface area contributed by atoms with E-state index in [0.717, 1.165) is 6.26 Å². The highest BCUT2D eigenvalue weighted by molar-refractivity contribution is 7.90. The van der Waals surface area contributed by atoms with E-state index in [2.05, 4.69) is 0 Å². The summed E-state index contributed by atoms with van der Waals surface area (Å²) in [5.41, 5.74) is -0.799. The molecule has 5 heteroatoms. The number of halogens is 1. The summed E-state index contributed by atoms with van der Waals surface area (Å²) in [5, 5.41) is 9.74. The summed E-state index contributed by atoms with van der Waals surface area (Å²) in [6.45, 7) is 0. The van der Waals surface area contributed by atoms with Crippen molar-refractivity contribution in [2.75, 3.05) is 6.26 Å². The van der Waals surface area contributed by atoms with Crippen molar-refractivity contribution in [3.8, 4) is 0 Å². The van der Waals surface area contributed by atoms with Gasteiger partial charge in [0.2, 0.25) is 0 Å². The number of aliphatic hydroxyl groups is 1. The molecule has 1 aromatic rings. The third-order valence-corrected chi connectivity index (χ3v) is 3.99. The molecule has 0 amide bonds. The fourth-order valence-electron chi connectivity index (χ4n) is 1.71. The molecule has 0 radical (unpaired) electrons. The van der Waals surface area contributed by atoms with Crippen LogP contribution in [0, 0.1) is 5.82 Å². The van der Waals surface area contributed by atoms with Gasteiger partial charge in [0.15, 0.2) is 9.84 Å². The molecule has 2 rings (SSSR count). The summed E-state index contributed by atoms with van der Waals surface area (Å²) in [7, 11) is -3.45. The van der Waals surface area contributed by atoms with Gasteiger partial charge in [0.05, 0.1) is 10.5 Å². The average Bonchev–Trinajstić information content (AvgIpc) is 2.86. The Morgan fingerprint density at radius 1 is 1.44 bits per heavy atom. The highest BCUT2D eigenvalue weighted by Gasteiger charge is 2.41. The molecule has 16 heavy (non-hydrogen) atoms. The van der Waals surface area contributed by atoms with Crippen LogP contribution in [-0.2, 0) is 16.3 Å². The Bertz CT molecular complexity index is 518. The van der Waals surface area contributed by atoms with Gasteiger partial charge in [-0.1, -0.05) is 6.07 Å². The van der Waals surface area contributed by atoms with E-state index in [1.165, 1.54) is 18.2 Å². The smallest absolute Gasteiger partial charge is 0.175 e. The number of hydrogen-bond acceptors (Lipinski definition) is 3. The molecule has 88 valence electrons. The van der Waals surface area contributed by atoms with Crippen LogP contribution in [0.1, 0.15) is 18.4 Å². The second-order valence-electron chi connectivity index (χ2n) is 4.39. The van der Waals surface area contributed by atoms with Crippen LogP contribution in [0.15, 0.2) is 23.1 Å². The van der Waals surface area contributed by atoms with Gasteiger partial charge in [0.25, 0.3) is 0 Å². The molecular weight excluding hydrogens is 231 g/mol. The van der Waals surface area contributed by atoms with Crippen molar-refractivity contribution in [3.63, 3.8) is 0 Å². The summed E-state index contributed by atoms with van der Waals surface area (Å²) < 4.78 is 36.5. The summed E-state index contributed by atoms with van der Waals surface area (Å²) >= 11 is 0. The molecule has 0 atom stereocenters. The summed E-state index contributed by atoms with van der Waals surface area (Å²) in [6, 6.07) is 3.96. The van der Waals surface area contributed by atoms with E-state index in [9.17, 15) is 17.9 Å². The van der Waals surface area contributed by atoms with Gasteiger partial charge in [0, 0.05) is 18.2 Å². The molecule has 1 aromatic carbocycles. The monoisotopic (exact) mass is 244 g/mol. The van der Waals surface area contributed by atoms with E-state index in [0.29, 0.717) is 12.8 Å². The number of hydrogen-bond donors (Lipinski definition) is 1. The predicted octanol–water partition coefficient (Wildman–Crippen LogP) is 1.30. The molecule has 0 bridgehead atoms. The molecule has 0 heterocycles. The lowest BCUT2D eigenvalue weighted by molar-refractivity contribution is 0.149. The number of rotatable bonds is 3. The van der Waals surface area contributed by atoms with Crippen molar-refractivity contribution in [2.24, 2.45) is 0 Å². The maximum atomic E-state index is 13.6. The van der Waals surface area contributed by atoms with E-state index < -0.39 is 21.3 Å². The standard InChI is InChI=1S/C11H13FO3S/c1-16(14,15)10-4-2-3-9(12)8(10)7-11(13)5-6-11/h2-4,13H,5-7H2,1H3. The third kappa shape index (κ3) is 2.25. The van der Waals surface area contributed by atoms with Gasteiger partial charge in [-0.3, -0.25) is 0 Å². The second-order valence-corrected chi connectivity index (χ2v) is 6.37. The van der Waals surface area contributed by atoms with Gasteiger partial charge < -0.3 is 5.11 Å². The van der Waals surface area contributed by atoms with Crippen LogP contribution in [0.4, 0.5) is 4.39 Å². The molecule has 1 fully saturated rings. The lowest BCUT2D eigenvalue weighted by Gasteiger charge is -2.12. The van der Waals surface area contributed by atoms with E-state index in [-0.39, 0.29) is 16.9 Å². The zero-order chi connectivity index (χ0) is 12.0. The average molecular weight is 244 g/mol. The Labute approximate surface area is 93.8 Å². The first-order valence-corrected chi connectivity index (χ1v) is 6.91. The van der Waals surface area contributed by atoms with Gasteiger partial charge in [0.1, 0.15) is 5.82 Å². The molecule has 1 saturated carbocycles. The van der Waals surface area contributed by atoms with Gasteiger partial charge in [-0.15, -0.1) is 0 Å². The quantitative estimate of drug-likeness (QED) is 0.872. The number of sulfone groups is 1. The molecule has 0 aromatic heterocycles. The molecule has 0 aliphatic heterocycles. The van der Waals surface area contributed by atoms with Crippen molar-refractivity contribution in [3.05, 3.63) is 29.6 Å². The highest BCUT2D eigenvalue weighted by atomic mass is 32.2. The minimum Gasteiger partial charge on any atom is -0.390 e. The maximum absolute atomic E-state index is 13.6. The van der Waals surface area contributed by atoms with Crippen LogP contribution >= 0.6 is 0 Å². The fraction of sp³-hybridized carbons (Fsp3) is 0.455. The van der Waals surface area contributed by atoms with E-state index in [1.807, 2.05) is 0 Å². The summed E-state index contributed by atoms with van der Waals surface area (Å²) in [6.07, 6.45) is 2.32. The normalized spacial score (nSPS) is 18.4. The highest BCUT2D eigenvalue weighted by Crippen LogP contribution is 2.39. The molecule has 0 spiro atoms. The molecule has 3 nitrogen and oxygen atoms in total. The van der Waals surface area contributed by atoms with E-state index >= 15 is 0 Å². The Hall–Kier alpha value is -0.940. The number of benzene rings is 1. The zero-order valence-electron chi connectivity index (χ0n) is 8.90. The molecular formula is C11H13FO3S. The molecule has 0 unspecified atom stereocenters. The minimum atomic E-state index is -3.45. The van der Waals surface area contributed by atoms with Gasteiger partial charge in [-0.2, -0.15) is 0 Å². The maximum Gasteiger partial charge on any atom is 0.175 e. The minimum absolute atomic E-state index is 0.0205. The summed E-state index contributed by atoms with van der Waals surface area (Å²) in [4.78, 5) is -0.0205. The Morgan fingerprint density at radius 3 is 2.56 bits per heavy atom. The Morgan fingerprint density at radius 2 is 2.06 bits per heavy atom. The first-order chi connectivity index (χ1) is 7.32. The SMILES string of the molecule is CS(=O)(=O)c1cccc(F)c1CC1(O)CC1. The van der Waals surface area contributed by atoms with E-state index in [1.54, 1.807) is 0 Å². The predicted molar refractivity (Wildman–Crippen MR) is 57.4 cm³/mol. The van der Waals surface area contributed by atoms with Gasteiger partial charge >= 0.3 is 0 Å². The molecule has 1 aliphatic carbocycles. The van der Waals surface area contributed by atoms with Crippen molar-refractivity contribution in [1.82, 2.24) is 0 Å². The van der Waals surface area contributed by atoms with E-state index in [4.69, 9.17) is 0 Å².